The highest BCUT2D eigenvalue weighted by Gasteiger charge is 2.41. The number of benzene rings is 2. The number of ether oxygens (including phenoxy) is 3. The Bertz CT molecular complexity index is 1200. The van der Waals surface area contributed by atoms with E-state index >= 15 is 0 Å². The molecule has 5 rings (SSSR count). The largest absolute Gasteiger partial charge is 0.495 e. The maximum absolute atomic E-state index is 10.6. The monoisotopic (exact) mass is 431 g/mol. The first-order chi connectivity index (χ1) is 15.7. The molecule has 0 bridgehead atoms. The van der Waals surface area contributed by atoms with Crippen molar-refractivity contribution in [2.75, 3.05) is 20.3 Å². The molecule has 162 valence electrons. The maximum Gasteiger partial charge on any atom is 0.320 e. The van der Waals surface area contributed by atoms with E-state index in [-0.39, 0.29) is 19.1 Å². The minimum Gasteiger partial charge on any atom is -0.495 e. The minimum absolute atomic E-state index is 0.141. The summed E-state index contributed by atoms with van der Waals surface area (Å²) in [4.78, 5) is 24.3. The Hall–Kier alpha value is -4.07. The van der Waals surface area contributed by atoms with E-state index in [0.29, 0.717) is 12.4 Å². The van der Waals surface area contributed by atoms with Gasteiger partial charge in [0.05, 0.1) is 19.9 Å². The first-order valence-electron chi connectivity index (χ1n) is 10.2. The first kappa shape index (κ1) is 19.9. The lowest BCUT2D eigenvalue weighted by Gasteiger charge is -2.26. The molecule has 1 aromatic heterocycles. The van der Waals surface area contributed by atoms with Crippen LogP contribution in [0, 0.1) is 0 Å². The number of carbonyl (C=O) groups excluding carboxylic acids is 1. The molecule has 8 nitrogen and oxygen atoms in total. The van der Waals surface area contributed by atoms with E-state index in [1.165, 1.54) is 0 Å². The molecule has 1 unspecified atom stereocenters. The molecule has 0 spiro atoms. The highest BCUT2D eigenvalue weighted by Crippen LogP contribution is 2.41. The van der Waals surface area contributed by atoms with Crippen LogP contribution in [0.15, 0.2) is 65.9 Å². The molecule has 2 aliphatic heterocycles. The van der Waals surface area contributed by atoms with Gasteiger partial charge in [0.25, 0.3) is 0 Å². The Morgan fingerprint density at radius 2 is 1.97 bits per heavy atom. The average Bonchev–Trinajstić information content (AvgIpc) is 3.50. The summed E-state index contributed by atoms with van der Waals surface area (Å²) >= 11 is 0. The van der Waals surface area contributed by atoms with Gasteiger partial charge in [-0.2, -0.15) is 5.48 Å². The zero-order valence-electron chi connectivity index (χ0n) is 17.4. The van der Waals surface area contributed by atoms with E-state index in [2.05, 4.69) is 27.4 Å². The van der Waals surface area contributed by atoms with Gasteiger partial charge in [-0.15, -0.1) is 0 Å². The molecule has 1 atom stereocenters. The standard InChI is InChI=1S/C24H21N3O5/c1-29-21-11-18(12-25-13-21)16-3-2-4-19(9-16)24(14-31-23(26-24)27-32-15-28)20-5-6-22-17(10-20)7-8-30-22/h2-6,9-13,15H,7-8,14H2,1H3,(H,26,27). The number of aliphatic imine (C=N–C) groups is 1. The zero-order chi connectivity index (χ0) is 22.0. The van der Waals surface area contributed by atoms with Crippen molar-refractivity contribution in [1.29, 1.82) is 0 Å². The molecular weight excluding hydrogens is 410 g/mol. The third-order valence-electron chi connectivity index (χ3n) is 5.69. The minimum atomic E-state index is -0.825. The van der Waals surface area contributed by atoms with Crippen LogP contribution in [-0.4, -0.2) is 37.8 Å². The molecule has 0 saturated carbocycles. The fourth-order valence-corrected chi connectivity index (χ4v) is 4.09. The summed E-state index contributed by atoms with van der Waals surface area (Å²) in [7, 11) is 1.62. The van der Waals surface area contributed by atoms with Gasteiger partial charge in [-0.25, -0.2) is 4.99 Å². The van der Waals surface area contributed by atoms with Crippen molar-refractivity contribution < 1.29 is 23.8 Å². The van der Waals surface area contributed by atoms with E-state index in [0.717, 1.165) is 40.0 Å². The predicted octanol–water partition coefficient (Wildman–Crippen LogP) is 3.00. The van der Waals surface area contributed by atoms with Gasteiger partial charge in [-0.1, -0.05) is 24.3 Å². The SMILES string of the molecule is COc1cncc(-c2cccc(C3(c4ccc5c(c4)CCO5)COC(NOC=O)=N3)c2)c1. The number of fused-ring (bicyclic) bond motifs is 1. The lowest BCUT2D eigenvalue weighted by molar-refractivity contribution is -0.132. The predicted molar refractivity (Wildman–Crippen MR) is 116 cm³/mol. The van der Waals surface area contributed by atoms with Crippen molar-refractivity contribution in [2.45, 2.75) is 12.0 Å². The highest BCUT2D eigenvalue weighted by atomic mass is 16.7. The summed E-state index contributed by atoms with van der Waals surface area (Å²) in [6.07, 6.45) is 4.31. The summed E-state index contributed by atoms with van der Waals surface area (Å²) in [5.74, 6) is 1.58. The number of nitrogens with one attached hydrogen (secondary N) is 1. The third-order valence-corrected chi connectivity index (χ3v) is 5.69. The fourth-order valence-electron chi connectivity index (χ4n) is 4.09. The Morgan fingerprint density at radius 3 is 2.84 bits per heavy atom. The molecule has 2 aliphatic rings. The van der Waals surface area contributed by atoms with E-state index < -0.39 is 5.54 Å². The first-order valence-corrected chi connectivity index (χ1v) is 10.2. The van der Waals surface area contributed by atoms with Crippen LogP contribution in [0.4, 0.5) is 0 Å². The van der Waals surface area contributed by atoms with Crippen LogP contribution in [-0.2, 0) is 26.3 Å². The van der Waals surface area contributed by atoms with Crippen molar-refractivity contribution in [2.24, 2.45) is 4.99 Å². The van der Waals surface area contributed by atoms with Crippen LogP contribution in [0.5, 0.6) is 11.5 Å². The lowest BCUT2D eigenvalue weighted by Crippen LogP contribution is -2.27. The molecule has 8 heteroatoms. The second kappa shape index (κ2) is 8.22. The van der Waals surface area contributed by atoms with Crippen LogP contribution < -0.4 is 15.0 Å². The quantitative estimate of drug-likeness (QED) is 0.474. The number of pyridine rings is 1. The molecule has 0 aliphatic carbocycles. The van der Waals surface area contributed by atoms with Gasteiger partial charge in [-0.05, 0) is 46.5 Å². The van der Waals surface area contributed by atoms with Gasteiger partial charge in [0, 0.05) is 18.2 Å². The van der Waals surface area contributed by atoms with Crippen LogP contribution in [0.3, 0.4) is 0 Å². The lowest BCUT2D eigenvalue weighted by atomic mass is 9.82. The van der Waals surface area contributed by atoms with Crippen LogP contribution >= 0.6 is 0 Å². The molecule has 3 heterocycles. The average molecular weight is 431 g/mol. The number of hydrogen-bond acceptors (Lipinski definition) is 8. The normalized spacial score (nSPS) is 18.7. The molecule has 32 heavy (non-hydrogen) atoms. The summed E-state index contributed by atoms with van der Waals surface area (Å²) in [5, 5.41) is 0. The smallest absolute Gasteiger partial charge is 0.320 e. The molecule has 1 N–H and O–H groups in total. The number of aromatic nitrogens is 1. The topological polar surface area (TPSA) is 91.3 Å². The number of hydrogen-bond donors (Lipinski definition) is 1. The highest BCUT2D eigenvalue weighted by molar-refractivity contribution is 5.77. The Labute approximate surface area is 184 Å². The number of hydroxylamine groups is 1. The van der Waals surface area contributed by atoms with E-state index in [1.807, 2.05) is 36.4 Å². The van der Waals surface area contributed by atoms with Gasteiger partial charge in [0.1, 0.15) is 18.1 Å². The Morgan fingerprint density at radius 1 is 1.06 bits per heavy atom. The van der Waals surface area contributed by atoms with Crippen molar-refractivity contribution in [3.05, 3.63) is 77.6 Å². The van der Waals surface area contributed by atoms with E-state index in [9.17, 15) is 4.79 Å². The van der Waals surface area contributed by atoms with E-state index in [4.69, 9.17) is 19.2 Å². The third kappa shape index (κ3) is 3.49. The van der Waals surface area contributed by atoms with Crippen molar-refractivity contribution >= 4 is 12.5 Å². The Kier molecular flexibility index (Phi) is 5.10. The van der Waals surface area contributed by atoms with E-state index in [1.54, 1.807) is 19.5 Å². The molecule has 3 aromatic rings. The van der Waals surface area contributed by atoms with Gasteiger partial charge >= 0.3 is 12.5 Å². The number of nitrogens with zero attached hydrogens (tertiary/aromatic N) is 2. The van der Waals surface area contributed by atoms with Gasteiger partial charge in [0.2, 0.25) is 0 Å². The fraction of sp³-hybridized carbons (Fsp3) is 0.208. The summed E-state index contributed by atoms with van der Waals surface area (Å²) < 4.78 is 16.8. The summed E-state index contributed by atoms with van der Waals surface area (Å²) in [6.45, 7) is 1.20. The van der Waals surface area contributed by atoms with Gasteiger partial charge in [-0.3, -0.25) is 9.78 Å². The van der Waals surface area contributed by atoms with Crippen LogP contribution in [0.1, 0.15) is 16.7 Å². The van der Waals surface area contributed by atoms with Crippen molar-refractivity contribution in [3.8, 4) is 22.6 Å². The second-order valence-electron chi connectivity index (χ2n) is 7.50. The Balaban J connectivity index is 1.62. The number of rotatable bonds is 6. The summed E-state index contributed by atoms with van der Waals surface area (Å²) in [6, 6.07) is 16.2. The summed E-state index contributed by atoms with van der Waals surface area (Å²) in [5.41, 5.74) is 6.55. The van der Waals surface area contributed by atoms with Crippen LogP contribution in [0.2, 0.25) is 0 Å². The molecule has 0 fully saturated rings. The van der Waals surface area contributed by atoms with Crippen molar-refractivity contribution in [3.63, 3.8) is 0 Å². The maximum atomic E-state index is 10.6. The zero-order valence-corrected chi connectivity index (χ0v) is 17.4. The molecule has 0 amide bonds. The molecule has 2 aromatic carbocycles. The number of carbonyl (C=O) groups is 1. The molecule has 0 saturated heterocycles. The number of methoxy groups -OCH3 is 1. The van der Waals surface area contributed by atoms with Gasteiger partial charge < -0.3 is 19.0 Å². The molecular formula is C24H21N3O5. The number of amidine groups is 1. The molecule has 0 radical (unpaired) electrons. The van der Waals surface area contributed by atoms with Gasteiger partial charge in [0.15, 0.2) is 5.54 Å². The second-order valence-corrected chi connectivity index (χ2v) is 7.50. The van der Waals surface area contributed by atoms with Crippen molar-refractivity contribution in [1.82, 2.24) is 10.5 Å². The van der Waals surface area contributed by atoms with Crippen LogP contribution in [0.25, 0.3) is 11.1 Å².